The highest BCUT2D eigenvalue weighted by Gasteiger charge is 2.15. The van der Waals surface area contributed by atoms with Crippen LogP contribution in [0.4, 0.5) is 5.69 Å². The Morgan fingerprint density at radius 1 is 1.07 bits per heavy atom. The van der Waals surface area contributed by atoms with Gasteiger partial charge in [-0.15, -0.1) is 0 Å². The second-order valence-electron chi connectivity index (χ2n) is 6.51. The minimum Gasteiger partial charge on any atom is -0.422 e. The number of hydrogen-bond donors (Lipinski definition) is 1. The molecule has 0 aliphatic rings. The van der Waals surface area contributed by atoms with Gasteiger partial charge < -0.3 is 9.73 Å². The van der Waals surface area contributed by atoms with Gasteiger partial charge in [-0.2, -0.15) is 0 Å². The lowest BCUT2D eigenvalue weighted by Crippen LogP contribution is -2.20. The predicted octanol–water partition coefficient (Wildman–Crippen LogP) is 5.48. The van der Waals surface area contributed by atoms with Gasteiger partial charge in [0.15, 0.2) is 0 Å². The summed E-state index contributed by atoms with van der Waals surface area (Å²) in [5, 5.41) is 4.23. The van der Waals surface area contributed by atoms with Gasteiger partial charge in [0.2, 0.25) is 0 Å². The number of amides is 1. The maximum atomic E-state index is 12.7. The third-order valence-electron chi connectivity index (χ3n) is 4.47. The van der Waals surface area contributed by atoms with Gasteiger partial charge in [-0.1, -0.05) is 39.4 Å². The monoisotopic (exact) mass is 477 g/mol. The van der Waals surface area contributed by atoms with Gasteiger partial charge >= 0.3 is 5.63 Å². The van der Waals surface area contributed by atoms with E-state index in [0.717, 1.165) is 25.4 Å². The average molecular weight is 478 g/mol. The molecule has 1 amide bonds. The Kier molecular flexibility index (Phi) is 4.65. The van der Waals surface area contributed by atoms with Gasteiger partial charge in [-0.3, -0.25) is 4.79 Å². The quantitative estimate of drug-likeness (QED) is 0.347. The van der Waals surface area contributed by atoms with Crippen molar-refractivity contribution in [1.29, 1.82) is 0 Å². The lowest BCUT2D eigenvalue weighted by molar-refractivity contribution is 0.102. The fourth-order valence-electron chi connectivity index (χ4n) is 3.07. The van der Waals surface area contributed by atoms with Crippen LogP contribution in [0.15, 0.2) is 80.5 Å². The predicted molar refractivity (Wildman–Crippen MR) is 121 cm³/mol. The van der Waals surface area contributed by atoms with E-state index in [1.54, 1.807) is 30.5 Å². The van der Waals surface area contributed by atoms with E-state index in [9.17, 15) is 9.59 Å². The Balaban J connectivity index is 1.47. The molecular weight excluding hydrogens is 466 g/mol. The van der Waals surface area contributed by atoms with Gasteiger partial charge in [0.25, 0.3) is 5.91 Å². The number of fused-ring (bicyclic) bond motifs is 2. The van der Waals surface area contributed by atoms with Gasteiger partial charge in [0.05, 0.1) is 0 Å². The summed E-state index contributed by atoms with van der Waals surface area (Å²) >= 11 is 4.85. The van der Waals surface area contributed by atoms with Crippen LogP contribution in [0.2, 0.25) is 0 Å². The van der Waals surface area contributed by atoms with Crippen LogP contribution in [0.25, 0.3) is 31.9 Å². The molecule has 3 aromatic heterocycles. The molecule has 30 heavy (non-hydrogen) atoms. The molecule has 0 saturated heterocycles. The van der Waals surface area contributed by atoms with Crippen molar-refractivity contribution < 1.29 is 9.21 Å². The third kappa shape index (κ3) is 3.51. The van der Waals surface area contributed by atoms with Crippen LogP contribution >= 0.6 is 27.3 Å². The van der Waals surface area contributed by atoms with E-state index >= 15 is 0 Å². The van der Waals surface area contributed by atoms with E-state index < -0.39 is 11.5 Å². The van der Waals surface area contributed by atoms with Gasteiger partial charge in [-0.25, -0.2) is 14.8 Å². The van der Waals surface area contributed by atoms with Crippen molar-refractivity contribution in [3.63, 3.8) is 0 Å². The van der Waals surface area contributed by atoms with E-state index in [1.165, 1.54) is 17.4 Å². The molecule has 0 radical (unpaired) electrons. The minimum absolute atomic E-state index is 0.0600. The summed E-state index contributed by atoms with van der Waals surface area (Å²) in [5.74, 6) is -0.534. The summed E-state index contributed by atoms with van der Waals surface area (Å²) in [6.07, 6.45) is 1.73. The van der Waals surface area contributed by atoms with Crippen molar-refractivity contribution in [3.05, 3.63) is 87.3 Å². The first-order chi connectivity index (χ1) is 14.6. The van der Waals surface area contributed by atoms with E-state index in [4.69, 9.17) is 4.42 Å². The number of aromatic nitrogens is 2. The topological polar surface area (TPSA) is 85.1 Å². The number of thiazole rings is 1. The maximum Gasteiger partial charge on any atom is 0.349 e. The molecule has 5 rings (SSSR count). The zero-order valence-corrected chi connectivity index (χ0v) is 17.7. The Morgan fingerprint density at radius 2 is 1.97 bits per heavy atom. The van der Waals surface area contributed by atoms with Crippen molar-refractivity contribution in [1.82, 2.24) is 9.97 Å². The summed E-state index contributed by atoms with van der Waals surface area (Å²) in [6, 6.07) is 17.8. The molecule has 0 fully saturated rings. The number of carbonyl (C=O) groups excluding carboxylic acids is 1. The second-order valence-corrected chi connectivity index (χ2v) is 8.40. The van der Waals surface area contributed by atoms with Crippen molar-refractivity contribution in [2.75, 3.05) is 5.32 Å². The molecule has 0 unspecified atom stereocenters. The Morgan fingerprint density at radius 3 is 2.83 bits per heavy atom. The van der Waals surface area contributed by atoms with E-state index in [1.807, 2.05) is 30.3 Å². The molecule has 146 valence electrons. The number of benzene rings is 2. The zero-order valence-electron chi connectivity index (χ0n) is 15.3. The second kappa shape index (κ2) is 7.47. The molecule has 8 heteroatoms. The molecule has 0 spiro atoms. The molecule has 3 heterocycles. The highest BCUT2D eigenvalue weighted by Crippen LogP contribution is 2.30. The van der Waals surface area contributed by atoms with Crippen LogP contribution in [-0.2, 0) is 0 Å². The number of nitrogens with zero attached hydrogens (tertiary/aromatic N) is 2. The number of halogens is 1. The maximum absolute atomic E-state index is 12.7. The van der Waals surface area contributed by atoms with E-state index in [-0.39, 0.29) is 5.56 Å². The summed E-state index contributed by atoms with van der Waals surface area (Å²) in [4.78, 5) is 34.8. The zero-order chi connectivity index (χ0) is 20.7. The lowest BCUT2D eigenvalue weighted by atomic mass is 10.1. The molecule has 0 aliphatic carbocycles. The molecule has 0 saturated carbocycles. The van der Waals surface area contributed by atoms with Crippen molar-refractivity contribution >= 4 is 60.2 Å². The molecule has 0 bridgehead atoms. The highest BCUT2D eigenvalue weighted by atomic mass is 79.9. The van der Waals surface area contributed by atoms with E-state index in [2.05, 4.69) is 31.2 Å². The Hall–Kier alpha value is -3.36. The number of nitrogens with one attached hydrogen (secondary N) is 1. The largest absolute Gasteiger partial charge is 0.422 e. The molecule has 2 aromatic carbocycles. The van der Waals surface area contributed by atoms with Crippen LogP contribution in [0.5, 0.6) is 0 Å². The molecule has 5 aromatic rings. The number of rotatable bonds is 3. The first kappa shape index (κ1) is 18.7. The van der Waals surface area contributed by atoms with Crippen LogP contribution in [0.3, 0.4) is 0 Å². The van der Waals surface area contributed by atoms with Crippen molar-refractivity contribution in [3.8, 4) is 10.6 Å². The smallest absolute Gasteiger partial charge is 0.349 e. The lowest BCUT2D eigenvalue weighted by Gasteiger charge is -2.07. The minimum atomic E-state index is -0.685. The van der Waals surface area contributed by atoms with Crippen LogP contribution in [0, 0.1) is 0 Å². The van der Waals surface area contributed by atoms with Crippen LogP contribution < -0.4 is 10.9 Å². The first-order valence-corrected chi connectivity index (χ1v) is 10.5. The first-order valence-electron chi connectivity index (χ1n) is 8.93. The number of pyridine rings is 1. The van der Waals surface area contributed by atoms with Gasteiger partial charge in [-0.05, 0) is 48.5 Å². The van der Waals surface area contributed by atoms with Crippen molar-refractivity contribution in [2.45, 2.75) is 0 Å². The van der Waals surface area contributed by atoms with Gasteiger partial charge in [0, 0.05) is 27.3 Å². The van der Waals surface area contributed by atoms with Crippen LogP contribution in [-0.4, -0.2) is 15.9 Å². The van der Waals surface area contributed by atoms with Gasteiger partial charge in [0.1, 0.15) is 26.5 Å². The molecule has 0 atom stereocenters. The summed E-state index contributed by atoms with van der Waals surface area (Å²) in [6.45, 7) is 0. The average Bonchev–Trinajstić information content (AvgIpc) is 3.18. The summed E-state index contributed by atoms with van der Waals surface area (Å²) in [7, 11) is 0. The molecular formula is C22H12BrN3O3S. The molecule has 1 N–H and O–H groups in total. The standard InChI is InChI=1S/C22H12BrN3O3S/c23-14-6-7-18-13(9-14)11-16(22(28)29-18)19(27)25-15-4-1-3-12(10-15)20-26-17-5-2-8-24-21(17)30-20/h1-11H,(H,25,27). The SMILES string of the molecule is O=C(Nc1cccc(-c2nc3cccnc3s2)c1)c1cc2cc(Br)ccc2oc1=O. The number of hydrogen-bond acceptors (Lipinski definition) is 6. The molecule has 6 nitrogen and oxygen atoms in total. The Bertz CT molecular complexity index is 1460. The fraction of sp³-hybridized carbons (Fsp3) is 0. The summed E-state index contributed by atoms with van der Waals surface area (Å²) < 4.78 is 6.11. The molecule has 0 aliphatic heterocycles. The van der Waals surface area contributed by atoms with Crippen LogP contribution in [0.1, 0.15) is 10.4 Å². The Labute approximate surface area is 182 Å². The number of anilines is 1. The normalized spacial score (nSPS) is 11.1. The number of carbonyl (C=O) groups is 1. The summed E-state index contributed by atoms with van der Waals surface area (Å²) in [5.41, 5.74) is 1.91. The van der Waals surface area contributed by atoms with E-state index in [0.29, 0.717) is 16.7 Å². The highest BCUT2D eigenvalue weighted by molar-refractivity contribution is 9.10. The fourth-order valence-corrected chi connectivity index (χ4v) is 4.36. The third-order valence-corrected chi connectivity index (χ3v) is 5.99. The van der Waals surface area contributed by atoms with Crippen molar-refractivity contribution in [2.24, 2.45) is 0 Å².